The molecule has 81 heavy (non-hydrogen) atoms. The lowest BCUT2D eigenvalue weighted by Gasteiger charge is -2.68. The van der Waals surface area contributed by atoms with Crippen molar-refractivity contribution in [2.45, 2.75) is 210 Å². The quantitative estimate of drug-likeness (QED) is 0.0410. The van der Waals surface area contributed by atoms with Gasteiger partial charge in [0.05, 0.1) is 36.8 Å². The Labute approximate surface area is 490 Å². The molecule has 1 saturated heterocycles. The summed E-state index contributed by atoms with van der Waals surface area (Å²) in [5, 5.41) is 85.3. The third-order valence-corrected chi connectivity index (χ3v) is 30.6. The Bertz CT molecular complexity index is 2750. The van der Waals surface area contributed by atoms with Gasteiger partial charge < -0.3 is 51.6 Å². The highest BCUT2D eigenvalue weighted by Gasteiger charge is 2.83. The average Bonchev–Trinajstić information content (AvgIpc) is 1.69. The van der Waals surface area contributed by atoms with Crippen LogP contribution in [0, 0.1) is 98.1 Å². The second-order valence-electron chi connectivity index (χ2n) is 30.5. The molecule has 12 aliphatic carbocycles. The largest absolute Gasteiger partial charge is 0.396 e. The van der Waals surface area contributed by atoms with E-state index in [4.69, 9.17) is 15.7 Å². The van der Waals surface area contributed by atoms with Crippen LogP contribution in [0.3, 0.4) is 0 Å². The number of aliphatic hydroxyl groups is 6. The lowest BCUT2D eigenvalue weighted by atomic mass is 9.38. The molecule has 21 unspecified atom stereocenters. The first-order valence-corrected chi connectivity index (χ1v) is 35.0. The number of fused-ring (bicyclic) bond motifs is 12. The van der Waals surface area contributed by atoms with Crippen LogP contribution in [0.2, 0.25) is 0 Å². The number of hydrogen-bond acceptors (Lipinski definition) is 12. The van der Waals surface area contributed by atoms with Gasteiger partial charge in [0.1, 0.15) is 6.23 Å². The minimum atomic E-state index is -1.68. The average molecular weight is 1150 g/mol. The lowest BCUT2D eigenvalue weighted by Crippen LogP contribution is -2.72. The lowest BCUT2D eigenvalue weighted by molar-refractivity contribution is -0.220. The summed E-state index contributed by atoms with van der Waals surface area (Å²) in [4.78, 5) is 25.8. The van der Waals surface area contributed by atoms with E-state index in [0.29, 0.717) is 24.5 Å². The van der Waals surface area contributed by atoms with Crippen molar-refractivity contribution in [3.8, 4) is 0 Å². The number of imidazole rings is 1. The molecule has 9 saturated carbocycles. The van der Waals surface area contributed by atoms with Crippen LogP contribution < -0.4 is 16.4 Å². The van der Waals surface area contributed by atoms with Crippen molar-refractivity contribution in [2.24, 2.45) is 109 Å². The van der Waals surface area contributed by atoms with Crippen LogP contribution in [0.1, 0.15) is 175 Å². The summed E-state index contributed by atoms with van der Waals surface area (Å²) in [7, 11) is 5.93. The molecular weight excluding hydrogens is 1050 g/mol. The van der Waals surface area contributed by atoms with E-state index in [9.17, 15) is 25.5 Å². The number of carbonyl (C=O) groups is 1. The van der Waals surface area contributed by atoms with E-state index in [1.165, 1.54) is 44.1 Å². The van der Waals surface area contributed by atoms with Crippen LogP contribution in [0.5, 0.6) is 0 Å². The summed E-state index contributed by atoms with van der Waals surface area (Å²) in [6.45, 7) is 9.16. The maximum atomic E-state index is 16.0. The van der Waals surface area contributed by atoms with Crippen molar-refractivity contribution in [3.63, 3.8) is 0 Å². The molecule has 10 fully saturated rings. The number of nitrogens with two attached hydrogens (primary N) is 1. The van der Waals surface area contributed by atoms with Gasteiger partial charge in [-0.1, -0.05) is 96.8 Å². The highest BCUT2D eigenvalue weighted by Crippen LogP contribution is 2.82. The molecule has 21 atom stereocenters. The molecule has 13 nitrogen and oxygen atoms in total. The monoisotopic (exact) mass is 1150 g/mol. The number of aliphatic hydroxyl groups excluding tert-OH is 5. The topological polar surface area (TPSA) is 219 Å². The molecular formula is C66H98N6O7S2. The smallest absolute Gasteiger partial charge is 0.190 e. The summed E-state index contributed by atoms with van der Waals surface area (Å²) in [5.41, 5.74) is 10.1. The standard InChI is InChI=1S/C66H98N6O7S2/c1-36(74)71-59(67)70-32-42-44-17-16-39-38-13-10-14-40-50(38)52-56(41-15-11-20-62(53(40)41)18-6-7-19-62)60(2,3)29-37(72-26-25-69-35-72)33-80-81-65(24-12-23-63(65)21-8-9-22-63)49-28-45(51(39)58(52)78)64(44,34-73)66(49,79)46-27-47(75)55-43(31-68-5)57(77)48(76)30-61(55,4)54(42)46/h25-27,35-39,42-45,48-49,51-55,57-58,68,73-74,76-79H,6-24,28-34H2,1-5H3,(H3,67,70,71). The van der Waals surface area contributed by atoms with Crippen molar-refractivity contribution >= 4 is 33.3 Å². The summed E-state index contributed by atoms with van der Waals surface area (Å²) in [5.74, 6) is -1.66. The number of aliphatic imine (C=N–C) groups is 1. The number of nitrogens with zero attached hydrogens (tertiary/aromatic N) is 3. The Morgan fingerprint density at radius 1 is 0.901 bits per heavy atom. The van der Waals surface area contributed by atoms with Crippen LogP contribution in [0.15, 0.2) is 57.7 Å². The van der Waals surface area contributed by atoms with E-state index in [2.05, 4.69) is 53.0 Å². The van der Waals surface area contributed by atoms with Gasteiger partial charge in [-0.15, -0.1) is 0 Å². The summed E-state index contributed by atoms with van der Waals surface area (Å²) in [6, 6.07) is 0.128. The Balaban J connectivity index is 1.05. The van der Waals surface area contributed by atoms with Crippen LogP contribution in [0.4, 0.5) is 0 Å². The van der Waals surface area contributed by atoms with E-state index in [1.807, 2.05) is 36.4 Å². The third-order valence-electron chi connectivity index (χ3n) is 27.1. The molecule has 2 heterocycles. The van der Waals surface area contributed by atoms with Gasteiger partial charge in [0.2, 0.25) is 0 Å². The molecule has 10 N–H and O–H groups in total. The van der Waals surface area contributed by atoms with Crippen molar-refractivity contribution in [1.29, 1.82) is 0 Å². The number of allylic oxidation sites excluding steroid dienone is 3. The second kappa shape index (κ2) is 20.2. The number of carbonyl (C=O) groups excluding carboxylic acids is 1. The number of aromatic nitrogens is 2. The fraction of sp³-hybridized carbons (Fsp3) is 0.833. The molecule has 1 aliphatic heterocycles. The van der Waals surface area contributed by atoms with Crippen LogP contribution in [0.25, 0.3) is 0 Å². The maximum absolute atomic E-state index is 16.0. The Kier molecular flexibility index (Phi) is 14.1. The van der Waals surface area contributed by atoms with Crippen molar-refractivity contribution in [1.82, 2.24) is 20.2 Å². The first-order valence-electron chi connectivity index (χ1n) is 32.6. The normalized spacial score (nSPS) is 47.7. The van der Waals surface area contributed by atoms with E-state index in [0.717, 1.165) is 95.6 Å². The molecule has 0 amide bonds. The number of guanidine groups is 1. The molecule has 0 aromatic carbocycles. The second-order valence-corrected chi connectivity index (χ2v) is 33.2. The fourth-order valence-corrected chi connectivity index (χ4v) is 29.3. The van der Waals surface area contributed by atoms with Gasteiger partial charge in [-0.2, -0.15) is 0 Å². The van der Waals surface area contributed by atoms with E-state index in [1.54, 1.807) is 23.6 Å². The van der Waals surface area contributed by atoms with Crippen molar-refractivity contribution in [2.75, 3.05) is 32.5 Å². The number of nitrogens with one attached hydrogen (secondary N) is 2. The maximum Gasteiger partial charge on any atom is 0.190 e. The van der Waals surface area contributed by atoms with Crippen LogP contribution in [-0.4, -0.2) is 119 Å². The zero-order valence-corrected chi connectivity index (χ0v) is 51.0. The first-order chi connectivity index (χ1) is 38.9. The zero-order chi connectivity index (χ0) is 56.4. The molecule has 1 aromatic heterocycles. The van der Waals surface area contributed by atoms with Crippen molar-refractivity contribution in [3.05, 3.63) is 52.7 Å². The molecule has 15 heteroatoms. The van der Waals surface area contributed by atoms with Gasteiger partial charge in [0.15, 0.2) is 11.7 Å². The Hall–Kier alpha value is -2.21. The van der Waals surface area contributed by atoms with E-state index in [-0.39, 0.29) is 101 Å². The Morgan fingerprint density at radius 2 is 1.64 bits per heavy atom. The number of hydrogen-bond donors (Lipinski definition) is 9. The molecule has 4 bridgehead atoms. The summed E-state index contributed by atoms with van der Waals surface area (Å²) in [6.07, 6.45) is 27.1. The van der Waals surface area contributed by atoms with Crippen LogP contribution in [-0.2, 0) is 4.79 Å². The number of rotatable bonds is 7. The first kappa shape index (κ1) is 56.6. The summed E-state index contributed by atoms with van der Waals surface area (Å²) >= 11 is 0. The van der Waals surface area contributed by atoms with Gasteiger partial charge in [-0.25, -0.2) is 4.98 Å². The van der Waals surface area contributed by atoms with Gasteiger partial charge >= 0.3 is 0 Å². The Morgan fingerprint density at radius 3 is 2.37 bits per heavy atom. The molecule has 13 aliphatic rings. The van der Waals surface area contributed by atoms with Crippen molar-refractivity contribution < 1.29 is 35.4 Å². The molecule has 446 valence electrons. The number of ketones is 1. The van der Waals surface area contributed by atoms with Gasteiger partial charge in [0.25, 0.3) is 0 Å². The molecule has 14 rings (SSSR count). The highest BCUT2D eigenvalue weighted by molar-refractivity contribution is 8.77. The SMILES string of the molecule is CNCC1C(O)C(O)CC2(C)C1C(=O)C=C1C2C(CN=C(N)NC(C)O)C2CCC3C4CCCC5=C4C4C(=C6CCCC7(CCCC7)C56)C(C)(C)CC(n5ccnc5)CSSC5(CCCC56CCCC6)C5CC(C3C4O)C2(CO)C15O. The van der Waals surface area contributed by atoms with E-state index >= 15 is 9.90 Å². The van der Waals surface area contributed by atoms with Crippen LogP contribution >= 0.6 is 21.6 Å². The summed E-state index contributed by atoms with van der Waals surface area (Å²) < 4.78 is 1.95. The van der Waals surface area contributed by atoms with Gasteiger partial charge in [-0.3, -0.25) is 9.79 Å². The molecule has 0 radical (unpaired) electrons. The predicted molar refractivity (Wildman–Crippen MR) is 319 cm³/mol. The van der Waals surface area contributed by atoms with Gasteiger partial charge in [-0.05, 0) is 198 Å². The zero-order valence-electron chi connectivity index (χ0n) is 49.3. The minimum Gasteiger partial charge on any atom is -0.396 e. The highest BCUT2D eigenvalue weighted by atomic mass is 33.1. The minimum absolute atomic E-state index is 0.0695. The third kappa shape index (κ3) is 7.71. The fourth-order valence-electron chi connectivity index (χ4n) is 25.1. The van der Waals surface area contributed by atoms with Gasteiger partial charge in [0, 0.05) is 77.0 Å². The molecule has 3 spiro atoms. The predicted octanol–water partition coefficient (Wildman–Crippen LogP) is 9.05. The molecule has 1 aromatic rings. The van der Waals surface area contributed by atoms with E-state index < -0.39 is 63.5 Å².